The monoisotopic (exact) mass is 499 g/mol. The largest absolute Gasteiger partial charge is 0.362 e. The molecule has 5 rings (SSSR count). The first kappa shape index (κ1) is 24.6. The second-order valence-electron chi connectivity index (χ2n) is 9.60. The highest BCUT2D eigenvalue weighted by molar-refractivity contribution is 5.89. The number of nitrogens with zero attached hydrogens (tertiary/aromatic N) is 5. The van der Waals surface area contributed by atoms with E-state index in [4.69, 9.17) is 6.57 Å². The van der Waals surface area contributed by atoms with Crippen molar-refractivity contribution in [2.24, 2.45) is 7.05 Å². The van der Waals surface area contributed by atoms with Crippen molar-refractivity contribution in [3.8, 4) is 0 Å². The number of halogens is 2. The van der Waals surface area contributed by atoms with E-state index in [1.54, 1.807) is 49.5 Å². The molecule has 37 heavy (non-hydrogen) atoms. The molecule has 1 unspecified atom stereocenters. The summed E-state index contributed by atoms with van der Waals surface area (Å²) in [5.41, 5.74) is 3.13. The Morgan fingerprint density at radius 1 is 1.00 bits per heavy atom. The van der Waals surface area contributed by atoms with Gasteiger partial charge in [-0.05, 0) is 49.7 Å². The first-order valence-corrected chi connectivity index (χ1v) is 12.2. The summed E-state index contributed by atoms with van der Waals surface area (Å²) in [4.78, 5) is 25.2. The Morgan fingerprint density at radius 3 is 2.43 bits per heavy atom. The molecule has 8 heteroatoms. The fraction of sp³-hybridized carbons (Fsp3) is 0.276. The highest BCUT2D eigenvalue weighted by atomic mass is 19.1. The average Bonchev–Trinajstić information content (AvgIpc) is 2.90. The summed E-state index contributed by atoms with van der Waals surface area (Å²) in [6, 6.07) is 17.4. The molecule has 1 fully saturated rings. The first-order chi connectivity index (χ1) is 17.8. The maximum absolute atomic E-state index is 15.1. The lowest BCUT2D eigenvalue weighted by molar-refractivity contribution is 0.128. The molecule has 1 aliphatic heterocycles. The molecule has 0 amide bonds. The third-order valence-electron chi connectivity index (χ3n) is 7.23. The number of aromatic nitrogens is 2. The van der Waals surface area contributed by atoms with E-state index in [0.717, 1.165) is 5.56 Å². The van der Waals surface area contributed by atoms with Crippen LogP contribution in [0.1, 0.15) is 31.0 Å². The van der Waals surface area contributed by atoms with Gasteiger partial charge in [-0.25, -0.2) is 8.78 Å². The molecule has 188 valence electrons. The molecule has 0 bridgehead atoms. The van der Waals surface area contributed by atoms with Gasteiger partial charge in [0.05, 0.1) is 17.2 Å². The number of anilines is 1. The van der Waals surface area contributed by atoms with Crippen LogP contribution in [0.25, 0.3) is 15.9 Å². The molecule has 6 nitrogen and oxygen atoms in total. The summed E-state index contributed by atoms with van der Waals surface area (Å²) >= 11 is 0. The Kier molecular flexibility index (Phi) is 6.48. The van der Waals surface area contributed by atoms with Gasteiger partial charge in [0.25, 0.3) is 11.4 Å². The van der Waals surface area contributed by atoms with Crippen molar-refractivity contribution in [1.82, 2.24) is 14.5 Å². The topological polar surface area (TPSA) is 45.7 Å². The summed E-state index contributed by atoms with van der Waals surface area (Å²) < 4.78 is 30.4. The predicted octanol–water partition coefficient (Wildman–Crippen LogP) is 5.45. The third kappa shape index (κ3) is 4.47. The van der Waals surface area contributed by atoms with Gasteiger partial charge in [0.1, 0.15) is 11.6 Å². The number of aryl methyl sites for hydroxylation is 1. The van der Waals surface area contributed by atoms with E-state index in [1.165, 1.54) is 22.8 Å². The molecular formula is C29H27F2N5O. The fourth-order valence-electron chi connectivity index (χ4n) is 5.32. The lowest BCUT2D eigenvalue weighted by Crippen LogP contribution is -2.57. The van der Waals surface area contributed by atoms with E-state index in [9.17, 15) is 9.18 Å². The molecule has 3 heterocycles. The van der Waals surface area contributed by atoms with Crippen LogP contribution in [-0.4, -0.2) is 39.6 Å². The molecule has 0 aliphatic carbocycles. The SMILES string of the molecule is [C-]#[N+]c1ccc2c(n1)c(N1C[C@@H](C)N(C(c3ccc(F)cc3)c3ccccc3F)C[C@@H]1C)cc(=O)n2C. The van der Waals surface area contributed by atoms with E-state index in [2.05, 4.69) is 33.5 Å². The lowest BCUT2D eigenvalue weighted by Gasteiger charge is -2.48. The summed E-state index contributed by atoms with van der Waals surface area (Å²) in [5.74, 6) is -0.388. The van der Waals surface area contributed by atoms with Crippen molar-refractivity contribution in [3.63, 3.8) is 0 Å². The van der Waals surface area contributed by atoms with Gasteiger partial charge in [0, 0.05) is 43.9 Å². The smallest absolute Gasteiger partial charge is 0.270 e. The van der Waals surface area contributed by atoms with E-state index in [1.807, 2.05) is 6.07 Å². The molecule has 1 saturated heterocycles. The zero-order valence-corrected chi connectivity index (χ0v) is 20.9. The highest BCUT2D eigenvalue weighted by Gasteiger charge is 2.37. The van der Waals surface area contributed by atoms with E-state index >= 15 is 4.39 Å². The minimum Gasteiger partial charge on any atom is -0.362 e. The van der Waals surface area contributed by atoms with Gasteiger partial charge < -0.3 is 14.3 Å². The molecule has 3 atom stereocenters. The number of pyridine rings is 2. The molecule has 2 aromatic heterocycles. The van der Waals surface area contributed by atoms with Gasteiger partial charge in [-0.15, -0.1) is 4.98 Å². The second-order valence-corrected chi connectivity index (χ2v) is 9.60. The first-order valence-electron chi connectivity index (χ1n) is 12.2. The van der Waals surface area contributed by atoms with E-state index in [0.29, 0.717) is 35.4 Å². The van der Waals surface area contributed by atoms with Crippen LogP contribution in [0.4, 0.5) is 20.3 Å². The highest BCUT2D eigenvalue weighted by Crippen LogP contribution is 2.37. The van der Waals surface area contributed by atoms with Crippen LogP contribution in [0.3, 0.4) is 0 Å². The van der Waals surface area contributed by atoms with Crippen LogP contribution in [0.15, 0.2) is 71.5 Å². The van der Waals surface area contributed by atoms with Crippen molar-refractivity contribution < 1.29 is 8.78 Å². The molecule has 2 aromatic carbocycles. The number of hydrogen-bond donors (Lipinski definition) is 0. The van der Waals surface area contributed by atoms with Crippen LogP contribution in [0, 0.1) is 18.2 Å². The van der Waals surface area contributed by atoms with Crippen molar-refractivity contribution in [2.45, 2.75) is 32.0 Å². The maximum Gasteiger partial charge on any atom is 0.270 e. The summed E-state index contributed by atoms with van der Waals surface area (Å²) in [6.07, 6.45) is 0. The van der Waals surface area contributed by atoms with Gasteiger partial charge in [-0.3, -0.25) is 9.69 Å². The Bertz CT molecular complexity index is 1560. The van der Waals surface area contributed by atoms with Crippen molar-refractivity contribution in [3.05, 3.63) is 111 Å². The van der Waals surface area contributed by atoms with Crippen molar-refractivity contribution >= 4 is 22.5 Å². The van der Waals surface area contributed by atoms with Crippen LogP contribution in [0.2, 0.25) is 0 Å². The molecule has 4 aromatic rings. The average molecular weight is 500 g/mol. The van der Waals surface area contributed by atoms with Gasteiger partial charge in [-0.1, -0.05) is 36.9 Å². The van der Waals surface area contributed by atoms with E-state index in [-0.39, 0.29) is 35.1 Å². The fourth-order valence-corrected chi connectivity index (χ4v) is 5.32. The van der Waals surface area contributed by atoms with Gasteiger partial charge in [0.15, 0.2) is 0 Å². The van der Waals surface area contributed by atoms with Gasteiger partial charge >= 0.3 is 0 Å². The maximum atomic E-state index is 15.1. The van der Waals surface area contributed by atoms with Crippen molar-refractivity contribution in [2.75, 3.05) is 18.0 Å². The minimum absolute atomic E-state index is 0.0472. The number of hydrogen-bond acceptors (Lipinski definition) is 4. The van der Waals surface area contributed by atoms with Crippen LogP contribution < -0.4 is 10.5 Å². The second kappa shape index (κ2) is 9.75. The molecule has 0 N–H and O–H groups in total. The molecule has 0 spiro atoms. The summed E-state index contributed by atoms with van der Waals surface area (Å²) in [6.45, 7) is 12.6. The third-order valence-corrected chi connectivity index (χ3v) is 7.23. The Labute approximate surface area is 214 Å². The van der Waals surface area contributed by atoms with Crippen LogP contribution in [0.5, 0.6) is 0 Å². The number of piperazine rings is 1. The van der Waals surface area contributed by atoms with Gasteiger partial charge in [0.2, 0.25) is 5.52 Å². The minimum atomic E-state index is -0.409. The molecule has 0 radical (unpaired) electrons. The Balaban J connectivity index is 1.57. The Hall–Kier alpha value is -4.09. The normalized spacial score (nSPS) is 19.1. The molecule has 0 saturated carbocycles. The molecule has 1 aliphatic rings. The van der Waals surface area contributed by atoms with Crippen LogP contribution >= 0.6 is 0 Å². The van der Waals surface area contributed by atoms with Crippen molar-refractivity contribution in [1.29, 1.82) is 0 Å². The number of benzene rings is 2. The van der Waals surface area contributed by atoms with E-state index < -0.39 is 6.04 Å². The quantitative estimate of drug-likeness (QED) is 0.350. The number of rotatable bonds is 4. The Morgan fingerprint density at radius 2 is 1.73 bits per heavy atom. The summed E-state index contributed by atoms with van der Waals surface area (Å²) in [5, 5.41) is 0. The zero-order chi connectivity index (χ0) is 26.3. The van der Waals surface area contributed by atoms with Crippen LogP contribution in [-0.2, 0) is 7.05 Å². The predicted molar refractivity (Wildman–Crippen MR) is 141 cm³/mol. The summed E-state index contributed by atoms with van der Waals surface area (Å²) in [7, 11) is 1.69. The number of fused-ring (bicyclic) bond motifs is 1. The standard InChI is InChI=1S/C29H27F2N5O/c1-18-17-36(29(20-9-11-21(30)12-10-20)22-7-5-6-8-23(22)31)19(2)16-35(18)25-15-27(37)34(4)24-13-14-26(32-3)33-28(24)25/h5-15,18-19,29H,16-17H2,1-2,4H3/t18-,19+,29?/m0/s1. The van der Waals surface area contributed by atoms with Gasteiger partial charge in [-0.2, -0.15) is 0 Å². The lowest BCUT2D eigenvalue weighted by atomic mass is 9.93. The molecular weight excluding hydrogens is 472 g/mol. The zero-order valence-electron chi connectivity index (χ0n) is 20.9.